The van der Waals surface area contributed by atoms with Crippen molar-refractivity contribution in [1.29, 1.82) is 0 Å². The van der Waals surface area contributed by atoms with Crippen LogP contribution in [0.5, 0.6) is 0 Å². The van der Waals surface area contributed by atoms with Gasteiger partial charge in [0.25, 0.3) is 0 Å². The number of hydrogen-bond acceptors (Lipinski definition) is 4. The van der Waals surface area contributed by atoms with Crippen molar-refractivity contribution in [3.63, 3.8) is 0 Å². The molecule has 0 aliphatic rings. The van der Waals surface area contributed by atoms with Gasteiger partial charge in [-0.2, -0.15) is 0 Å². The van der Waals surface area contributed by atoms with Crippen molar-refractivity contribution in [1.82, 2.24) is 5.32 Å². The van der Waals surface area contributed by atoms with E-state index in [-0.39, 0.29) is 5.54 Å². The first-order valence-corrected chi connectivity index (χ1v) is 5.86. The van der Waals surface area contributed by atoms with Crippen molar-refractivity contribution >= 4 is 5.96 Å². The van der Waals surface area contributed by atoms with Gasteiger partial charge < -0.3 is 26.3 Å². The van der Waals surface area contributed by atoms with Gasteiger partial charge in [-0.05, 0) is 20.3 Å². The van der Waals surface area contributed by atoms with Crippen LogP contribution < -0.4 is 16.8 Å². The molecule has 0 aromatic carbocycles. The Balaban J connectivity index is 3.14. The number of ether oxygens (including phenoxy) is 2. The van der Waals surface area contributed by atoms with Crippen molar-refractivity contribution in [3.05, 3.63) is 0 Å². The van der Waals surface area contributed by atoms with Crippen molar-refractivity contribution in [3.8, 4) is 0 Å². The van der Waals surface area contributed by atoms with Gasteiger partial charge in [-0.15, -0.1) is 0 Å². The molecule has 0 atom stereocenters. The average molecular weight is 246 g/mol. The van der Waals surface area contributed by atoms with Crippen molar-refractivity contribution in [2.75, 3.05) is 40.0 Å². The Morgan fingerprint density at radius 3 is 2.29 bits per heavy atom. The largest absolute Gasteiger partial charge is 0.379 e. The molecule has 0 radical (unpaired) electrons. The molecule has 0 aliphatic heterocycles. The number of aliphatic imine (C=N–C) groups is 1. The average Bonchev–Trinajstić information content (AvgIpc) is 2.25. The number of nitrogens with one attached hydrogen (secondary N) is 1. The molecule has 0 fully saturated rings. The minimum atomic E-state index is -0.165. The number of rotatable bonds is 9. The molecule has 0 amide bonds. The highest BCUT2D eigenvalue weighted by atomic mass is 16.5. The van der Waals surface area contributed by atoms with Crippen LogP contribution in [0, 0.1) is 0 Å². The zero-order valence-corrected chi connectivity index (χ0v) is 11.2. The van der Waals surface area contributed by atoms with Gasteiger partial charge in [0.05, 0.1) is 19.8 Å². The van der Waals surface area contributed by atoms with E-state index in [0.717, 1.165) is 6.42 Å². The van der Waals surface area contributed by atoms with Crippen LogP contribution in [0.15, 0.2) is 4.99 Å². The lowest BCUT2D eigenvalue weighted by Gasteiger charge is -2.17. The molecule has 0 aromatic heterocycles. The van der Waals surface area contributed by atoms with Crippen molar-refractivity contribution in [2.24, 2.45) is 16.5 Å². The molecule has 0 rings (SSSR count). The standard InChI is InChI=1S/C11H26N4O2/c1-11(2,13)4-6-16-8-9-17-7-5-15-10(12)14-3/h4-9,13H2,1-3H3,(H3,12,14,15). The van der Waals surface area contributed by atoms with Crippen LogP contribution in [0.4, 0.5) is 0 Å². The highest BCUT2D eigenvalue weighted by Crippen LogP contribution is 2.02. The highest BCUT2D eigenvalue weighted by Gasteiger charge is 2.09. The maximum Gasteiger partial charge on any atom is 0.188 e. The fraction of sp³-hybridized carbons (Fsp3) is 0.909. The van der Waals surface area contributed by atoms with Gasteiger partial charge in [0.15, 0.2) is 5.96 Å². The minimum absolute atomic E-state index is 0.165. The van der Waals surface area contributed by atoms with E-state index < -0.39 is 0 Å². The van der Waals surface area contributed by atoms with Gasteiger partial charge in [-0.1, -0.05) is 0 Å². The quantitative estimate of drug-likeness (QED) is 0.294. The third-order valence-corrected chi connectivity index (χ3v) is 2.06. The molecule has 0 aliphatic carbocycles. The van der Waals surface area contributed by atoms with Crippen LogP contribution in [0.2, 0.25) is 0 Å². The normalized spacial score (nSPS) is 12.8. The number of hydrogen-bond donors (Lipinski definition) is 3. The lowest BCUT2D eigenvalue weighted by molar-refractivity contribution is 0.0444. The van der Waals surface area contributed by atoms with Crippen LogP contribution in [0.3, 0.4) is 0 Å². The fourth-order valence-corrected chi connectivity index (χ4v) is 0.988. The summed E-state index contributed by atoms with van der Waals surface area (Å²) in [6.45, 7) is 7.04. The predicted octanol–water partition coefficient (Wildman–Crippen LogP) is -0.319. The monoisotopic (exact) mass is 246 g/mol. The predicted molar refractivity (Wildman–Crippen MR) is 70.1 cm³/mol. The van der Waals surface area contributed by atoms with E-state index in [0.29, 0.717) is 38.9 Å². The Labute approximate surface area is 104 Å². The minimum Gasteiger partial charge on any atom is -0.379 e. The SMILES string of the molecule is CN=C(N)NCCOCCOCCC(C)(C)N. The Hall–Kier alpha value is -0.850. The van der Waals surface area contributed by atoms with Gasteiger partial charge in [-0.25, -0.2) is 0 Å². The van der Waals surface area contributed by atoms with Gasteiger partial charge >= 0.3 is 0 Å². The molecule has 0 bridgehead atoms. The molecule has 0 saturated carbocycles. The number of nitrogens with zero attached hydrogens (tertiary/aromatic N) is 1. The molecule has 17 heavy (non-hydrogen) atoms. The molecular weight excluding hydrogens is 220 g/mol. The van der Waals surface area contributed by atoms with E-state index in [1.807, 2.05) is 13.8 Å². The van der Waals surface area contributed by atoms with E-state index in [2.05, 4.69) is 10.3 Å². The second-order valence-corrected chi connectivity index (χ2v) is 4.50. The Morgan fingerprint density at radius 2 is 1.76 bits per heavy atom. The fourth-order valence-electron chi connectivity index (χ4n) is 0.988. The first-order chi connectivity index (χ1) is 7.95. The van der Waals surface area contributed by atoms with E-state index in [1.54, 1.807) is 7.05 Å². The highest BCUT2D eigenvalue weighted by molar-refractivity contribution is 5.77. The van der Waals surface area contributed by atoms with Crippen molar-refractivity contribution in [2.45, 2.75) is 25.8 Å². The zero-order chi connectivity index (χ0) is 13.1. The maximum atomic E-state index is 5.81. The van der Waals surface area contributed by atoms with Gasteiger partial charge in [0.2, 0.25) is 0 Å². The number of nitrogens with two attached hydrogens (primary N) is 2. The summed E-state index contributed by atoms with van der Waals surface area (Å²) in [6, 6.07) is 0. The molecule has 6 heteroatoms. The first kappa shape index (κ1) is 16.1. The zero-order valence-electron chi connectivity index (χ0n) is 11.2. The molecule has 6 nitrogen and oxygen atoms in total. The first-order valence-electron chi connectivity index (χ1n) is 5.86. The summed E-state index contributed by atoms with van der Waals surface area (Å²) in [7, 11) is 1.63. The smallest absolute Gasteiger partial charge is 0.188 e. The Kier molecular flexibility index (Phi) is 8.75. The van der Waals surface area contributed by atoms with Gasteiger partial charge in [0.1, 0.15) is 0 Å². The molecule has 102 valence electrons. The topological polar surface area (TPSA) is 94.9 Å². The van der Waals surface area contributed by atoms with Gasteiger partial charge in [-0.3, -0.25) is 4.99 Å². The summed E-state index contributed by atoms with van der Waals surface area (Å²) in [4.78, 5) is 3.76. The van der Waals surface area contributed by atoms with Crippen LogP contribution in [0.1, 0.15) is 20.3 Å². The van der Waals surface area contributed by atoms with Crippen LogP contribution >= 0.6 is 0 Å². The third-order valence-electron chi connectivity index (χ3n) is 2.06. The second-order valence-electron chi connectivity index (χ2n) is 4.50. The number of guanidine groups is 1. The molecule has 5 N–H and O–H groups in total. The van der Waals surface area contributed by atoms with E-state index in [1.165, 1.54) is 0 Å². The molecule has 0 saturated heterocycles. The summed E-state index contributed by atoms with van der Waals surface area (Å²) in [6.07, 6.45) is 0.845. The molecule has 0 aromatic rings. The maximum absolute atomic E-state index is 5.81. The van der Waals surface area contributed by atoms with E-state index in [9.17, 15) is 0 Å². The van der Waals surface area contributed by atoms with E-state index >= 15 is 0 Å². The lowest BCUT2D eigenvalue weighted by Crippen LogP contribution is -2.34. The molecule has 0 heterocycles. The molecule has 0 unspecified atom stereocenters. The van der Waals surface area contributed by atoms with E-state index in [4.69, 9.17) is 20.9 Å². The summed E-state index contributed by atoms with van der Waals surface area (Å²) < 4.78 is 10.7. The van der Waals surface area contributed by atoms with Gasteiger partial charge in [0, 0.05) is 25.7 Å². The van der Waals surface area contributed by atoms with Crippen LogP contribution in [-0.2, 0) is 9.47 Å². The third kappa shape index (κ3) is 13.1. The molecular formula is C11H26N4O2. The lowest BCUT2D eigenvalue weighted by atomic mass is 10.0. The second kappa shape index (κ2) is 9.21. The molecule has 0 spiro atoms. The van der Waals surface area contributed by atoms with Crippen molar-refractivity contribution < 1.29 is 9.47 Å². The van der Waals surface area contributed by atoms with Crippen LogP contribution in [0.25, 0.3) is 0 Å². The Morgan fingerprint density at radius 1 is 1.18 bits per heavy atom. The summed E-state index contributed by atoms with van der Waals surface area (Å²) in [5.74, 6) is 0.426. The van der Waals surface area contributed by atoms with Crippen LogP contribution in [-0.4, -0.2) is 51.5 Å². The Bertz CT molecular complexity index is 214. The summed E-state index contributed by atoms with van der Waals surface area (Å²) >= 11 is 0. The summed E-state index contributed by atoms with van der Waals surface area (Å²) in [5.41, 5.74) is 11.1. The summed E-state index contributed by atoms with van der Waals surface area (Å²) in [5, 5.41) is 2.90.